The van der Waals surface area contributed by atoms with Gasteiger partial charge in [0.15, 0.2) is 0 Å². The van der Waals surface area contributed by atoms with Gasteiger partial charge in [0.25, 0.3) is 0 Å². The Labute approximate surface area is 225 Å². The second-order valence-electron chi connectivity index (χ2n) is 12.4. The highest BCUT2D eigenvalue weighted by molar-refractivity contribution is 5.90. The standard InChI is InChI=1S/C31H51N3O3/c1-23(2)18-27-22-37-17-8-6-7-12-31(30(36)33-28(19-24(3)4)29(35)32-27)13-15-34(16-14-31)21-26-11-9-10-25(5)20-26/h9-11,20,23-24,27-28H,6-8,12-19,21-22H2,1-5H3,(H,32,35)(H,33,36)/t27-,28-/m0/s1. The molecule has 2 fully saturated rings. The third-order valence-corrected chi connectivity index (χ3v) is 7.98. The molecule has 0 bridgehead atoms. The van der Waals surface area contributed by atoms with Crippen molar-refractivity contribution in [1.82, 2.24) is 15.5 Å². The highest BCUT2D eigenvalue weighted by Crippen LogP contribution is 2.38. The third-order valence-electron chi connectivity index (χ3n) is 7.98. The lowest BCUT2D eigenvalue weighted by Crippen LogP contribution is -2.56. The zero-order valence-corrected chi connectivity index (χ0v) is 24.0. The number of benzene rings is 1. The van der Waals surface area contributed by atoms with Gasteiger partial charge in [0.1, 0.15) is 6.04 Å². The molecule has 0 aromatic heterocycles. The summed E-state index contributed by atoms with van der Waals surface area (Å²) < 4.78 is 5.99. The summed E-state index contributed by atoms with van der Waals surface area (Å²) in [6.45, 7) is 14.7. The molecular weight excluding hydrogens is 462 g/mol. The van der Waals surface area contributed by atoms with Crippen LogP contribution in [-0.4, -0.2) is 55.1 Å². The lowest BCUT2D eigenvalue weighted by Gasteiger charge is -2.42. The molecule has 2 heterocycles. The molecule has 6 nitrogen and oxygen atoms in total. The second-order valence-corrected chi connectivity index (χ2v) is 12.4. The van der Waals surface area contributed by atoms with Crippen molar-refractivity contribution in [2.24, 2.45) is 17.3 Å². The number of ether oxygens (including phenoxy) is 1. The average Bonchev–Trinajstić information content (AvgIpc) is 2.83. The first-order chi connectivity index (χ1) is 17.7. The number of nitrogens with zero attached hydrogens (tertiary/aromatic N) is 1. The molecule has 1 spiro atoms. The summed E-state index contributed by atoms with van der Waals surface area (Å²) in [5.74, 6) is 0.777. The first kappa shape index (κ1) is 29.6. The van der Waals surface area contributed by atoms with Crippen LogP contribution in [0.2, 0.25) is 0 Å². The van der Waals surface area contributed by atoms with Crippen LogP contribution in [0.15, 0.2) is 24.3 Å². The fraction of sp³-hybridized carbons (Fsp3) is 0.742. The Hall–Kier alpha value is -1.92. The van der Waals surface area contributed by atoms with Gasteiger partial charge in [0, 0.05) is 13.2 Å². The monoisotopic (exact) mass is 513 g/mol. The second kappa shape index (κ2) is 14.3. The Morgan fingerprint density at radius 1 is 0.973 bits per heavy atom. The first-order valence-corrected chi connectivity index (χ1v) is 14.6. The van der Waals surface area contributed by atoms with E-state index in [9.17, 15) is 9.59 Å². The summed E-state index contributed by atoms with van der Waals surface area (Å²) in [6, 6.07) is 8.16. The average molecular weight is 514 g/mol. The van der Waals surface area contributed by atoms with E-state index in [1.165, 1.54) is 11.1 Å². The topological polar surface area (TPSA) is 70.7 Å². The molecule has 2 atom stereocenters. The minimum Gasteiger partial charge on any atom is -0.379 e. The predicted octanol–water partition coefficient (Wildman–Crippen LogP) is 5.23. The normalized spacial score (nSPS) is 24.6. The molecule has 2 aliphatic rings. The van der Waals surface area contributed by atoms with Crippen LogP contribution >= 0.6 is 0 Å². The van der Waals surface area contributed by atoms with Gasteiger partial charge in [0.05, 0.1) is 18.1 Å². The largest absolute Gasteiger partial charge is 0.379 e. The summed E-state index contributed by atoms with van der Waals surface area (Å²) in [5, 5.41) is 6.47. The van der Waals surface area contributed by atoms with Crippen molar-refractivity contribution in [3.63, 3.8) is 0 Å². The van der Waals surface area contributed by atoms with Crippen LogP contribution in [0, 0.1) is 24.2 Å². The number of hydrogen-bond acceptors (Lipinski definition) is 4. The van der Waals surface area contributed by atoms with Crippen molar-refractivity contribution >= 4 is 11.8 Å². The van der Waals surface area contributed by atoms with Gasteiger partial charge < -0.3 is 15.4 Å². The highest BCUT2D eigenvalue weighted by atomic mass is 16.5. The molecule has 208 valence electrons. The highest BCUT2D eigenvalue weighted by Gasteiger charge is 2.42. The van der Waals surface area contributed by atoms with Gasteiger partial charge >= 0.3 is 0 Å². The van der Waals surface area contributed by atoms with Crippen LogP contribution in [-0.2, 0) is 20.9 Å². The number of carbonyl (C=O) groups is 2. The third kappa shape index (κ3) is 9.40. The molecule has 37 heavy (non-hydrogen) atoms. The number of rotatable bonds is 6. The number of nitrogens with one attached hydrogen (secondary N) is 2. The van der Waals surface area contributed by atoms with E-state index in [1.54, 1.807) is 0 Å². The summed E-state index contributed by atoms with van der Waals surface area (Å²) in [6.07, 6.45) is 7.15. The Morgan fingerprint density at radius 3 is 2.38 bits per heavy atom. The van der Waals surface area contributed by atoms with Gasteiger partial charge in [-0.3, -0.25) is 14.5 Å². The number of amides is 2. The zero-order chi connectivity index (χ0) is 26.8. The van der Waals surface area contributed by atoms with E-state index in [1.807, 2.05) is 0 Å². The van der Waals surface area contributed by atoms with Crippen LogP contribution in [0.4, 0.5) is 0 Å². The number of likely N-dealkylation sites (tertiary alicyclic amines) is 1. The molecule has 2 N–H and O–H groups in total. The predicted molar refractivity (Wildman–Crippen MR) is 150 cm³/mol. The molecule has 2 aliphatic heterocycles. The number of aryl methyl sites for hydroxylation is 1. The Balaban J connectivity index is 1.73. The summed E-state index contributed by atoms with van der Waals surface area (Å²) in [7, 11) is 0. The number of piperidine rings is 1. The smallest absolute Gasteiger partial charge is 0.242 e. The molecule has 0 radical (unpaired) electrons. The van der Waals surface area contributed by atoms with E-state index in [0.717, 1.165) is 64.6 Å². The van der Waals surface area contributed by atoms with Gasteiger partial charge in [-0.05, 0) is 75.9 Å². The molecule has 6 heteroatoms. The van der Waals surface area contributed by atoms with E-state index in [2.05, 4.69) is 74.4 Å². The van der Waals surface area contributed by atoms with Crippen LogP contribution in [0.3, 0.4) is 0 Å². The van der Waals surface area contributed by atoms with Crippen molar-refractivity contribution in [1.29, 1.82) is 0 Å². The molecule has 1 aromatic rings. The van der Waals surface area contributed by atoms with Gasteiger partial charge in [0.2, 0.25) is 11.8 Å². The van der Waals surface area contributed by atoms with E-state index in [-0.39, 0.29) is 17.9 Å². The quantitative estimate of drug-likeness (QED) is 0.547. The molecule has 2 saturated heterocycles. The van der Waals surface area contributed by atoms with Crippen LogP contribution in [0.1, 0.15) is 90.2 Å². The van der Waals surface area contributed by atoms with Gasteiger partial charge in [-0.1, -0.05) is 70.4 Å². The van der Waals surface area contributed by atoms with Gasteiger partial charge in [-0.25, -0.2) is 0 Å². The van der Waals surface area contributed by atoms with Crippen molar-refractivity contribution in [3.8, 4) is 0 Å². The molecule has 0 aliphatic carbocycles. The van der Waals surface area contributed by atoms with E-state index in [4.69, 9.17) is 4.74 Å². The Morgan fingerprint density at radius 2 is 1.70 bits per heavy atom. The maximum absolute atomic E-state index is 13.9. The molecule has 1 aromatic carbocycles. The van der Waals surface area contributed by atoms with Crippen molar-refractivity contribution in [2.45, 2.75) is 105 Å². The summed E-state index contributed by atoms with van der Waals surface area (Å²) >= 11 is 0. The fourth-order valence-corrected chi connectivity index (χ4v) is 5.92. The Kier molecular flexibility index (Phi) is 11.4. The molecule has 0 saturated carbocycles. The molecule has 2 amide bonds. The van der Waals surface area contributed by atoms with Crippen molar-refractivity contribution in [2.75, 3.05) is 26.3 Å². The van der Waals surface area contributed by atoms with E-state index < -0.39 is 11.5 Å². The molecule has 3 rings (SSSR count). The van der Waals surface area contributed by atoms with Gasteiger partial charge in [-0.2, -0.15) is 0 Å². The first-order valence-electron chi connectivity index (χ1n) is 14.6. The van der Waals surface area contributed by atoms with Gasteiger partial charge in [-0.15, -0.1) is 0 Å². The maximum Gasteiger partial charge on any atom is 0.242 e. The lowest BCUT2D eigenvalue weighted by atomic mass is 9.73. The van der Waals surface area contributed by atoms with Crippen LogP contribution in [0.25, 0.3) is 0 Å². The van der Waals surface area contributed by atoms with Crippen LogP contribution in [0.5, 0.6) is 0 Å². The number of carbonyl (C=O) groups excluding carboxylic acids is 2. The molecular formula is C31H51N3O3. The fourth-order valence-electron chi connectivity index (χ4n) is 5.92. The van der Waals surface area contributed by atoms with Crippen LogP contribution < -0.4 is 10.6 Å². The number of hydrogen-bond donors (Lipinski definition) is 2. The minimum atomic E-state index is -0.507. The zero-order valence-electron chi connectivity index (χ0n) is 24.0. The van der Waals surface area contributed by atoms with E-state index >= 15 is 0 Å². The van der Waals surface area contributed by atoms with Crippen molar-refractivity contribution < 1.29 is 14.3 Å². The Bertz CT molecular complexity index is 861. The van der Waals surface area contributed by atoms with E-state index in [0.29, 0.717) is 31.5 Å². The SMILES string of the molecule is Cc1cccc(CN2CCC3(CCCCCOC[C@H](CC(C)C)NC(=O)[C@H](CC(C)C)NC3=O)CC2)c1. The van der Waals surface area contributed by atoms with Crippen molar-refractivity contribution in [3.05, 3.63) is 35.4 Å². The lowest BCUT2D eigenvalue weighted by molar-refractivity contribution is -0.139. The maximum atomic E-state index is 13.9. The summed E-state index contributed by atoms with van der Waals surface area (Å²) in [4.78, 5) is 29.8. The minimum absolute atomic E-state index is 0.0270. The summed E-state index contributed by atoms with van der Waals surface area (Å²) in [5.41, 5.74) is 2.21. The molecule has 0 unspecified atom stereocenters.